The lowest BCUT2D eigenvalue weighted by Gasteiger charge is -2.16. The number of halogens is 1. The van der Waals surface area contributed by atoms with Crippen LogP contribution in [0.25, 0.3) is 50.3 Å². The maximum absolute atomic E-state index is 5.20. The van der Waals surface area contributed by atoms with Crippen molar-refractivity contribution < 1.29 is 0 Å². The molecule has 0 amide bonds. The first kappa shape index (κ1) is 23.2. The number of rotatable bonds is 4. The molecule has 5 nitrogen and oxygen atoms in total. The summed E-state index contributed by atoms with van der Waals surface area (Å²) < 4.78 is 9.86. The molecule has 3 heterocycles. The average Bonchev–Trinajstić information content (AvgIpc) is 3.62. The van der Waals surface area contributed by atoms with Crippen molar-refractivity contribution in [3.63, 3.8) is 0 Å². The van der Waals surface area contributed by atoms with Crippen LogP contribution in [0.2, 0.25) is 0 Å². The molecule has 5 aromatic carbocycles. The van der Waals surface area contributed by atoms with E-state index in [1.165, 1.54) is 16.5 Å². The third-order valence-corrected chi connectivity index (χ3v) is 9.43. The Morgan fingerprint density at radius 2 is 1.25 bits per heavy atom. The molecule has 8 rings (SSSR count). The molecule has 0 aliphatic carbocycles. The molecule has 0 atom stereocenters. The molecular weight excluding hydrogens is 605 g/mol. The molecule has 0 saturated carbocycles. The fourth-order valence-corrected chi connectivity index (χ4v) is 7.49. The maximum Gasteiger partial charge on any atom is 0.162 e. The summed E-state index contributed by atoms with van der Waals surface area (Å²) in [6.45, 7) is 0. The molecule has 40 heavy (non-hydrogen) atoms. The Kier molecular flexibility index (Phi) is 5.51. The van der Waals surface area contributed by atoms with Crippen LogP contribution in [0.1, 0.15) is 0 Å². The van der Waals surface area contributed by atoms with Crippen LogP contribution in [0, 0.1) is 0 Å². The number of hydrogen-bond donors (Lipinski definition) is 0. The third kappa shape index (κ3) is 3.75. The number of fused-ring (bicyclic) bond motifs is 5. The Balaban J connectivity index is 1.44. The number of nitrogens with zero attached hydrogens (tertiary/aromatic N) is 5. The molecule has 2 aromatic heterocycles. The van der Waals surface area contributed by atoms with Crippen LogP contribution in [-0.2, 0) is 0 Å². The summed E-state index contributed by atoms with van der Waals surface area (Å²) in [6, 6.07) is 46.2. The van der Waals surface area contributed by atoms with Gasteiger partial charge in [-0.1, -0.05) is 97.1 Å². The van der Waals surface area contributed by atoms with Gasteiger partial charge in [0.15, 0.2) is 5.82 Å². The van der Waals surface area contributed by atoms with Gasteiger partial charge in [0.05, 0.1) is 28.1 Å². The zero-order valence-electron chi connectivity index (χ0n) is 21.3. The molecular formula is C34H22IN5. The Morgan fingerprint density at radius 3 is 2.02 bits per heavy atom. The van der Waals surface area contributed by atoms with E-state index in [1.807, 2.05) is 36.4 Å². The van der Waals surface area contributed by atoms with Crippen molar-refractivity contribution in [1.82, 2.24) is 14.5 Å². The molecule has 0 unspecified atom stereocenters. The van der Waals surface area contributed by atoms with E-state index in [4.69, 9.17) is 13.1 Å². The van der Waals surface area contributed by atoms with Gasteiger partial charge >= 0.3 is 0 Å². The van der Waals surface area contributed by atoms with Crippen LogP contribution in [0.3, 0.4) is 0 Å². The van der Waals surface area contributed by atoms with Crippen LogP contribution in [-0.4, -0.2) is 14.5 Å². The summed E-state index contributed by atoms with van der Waals surface area (Å²) in [6.07, 6.45) is 0. The summed E-state index contributed by atoms with van der Waals surface area (Å²) >= 11 is -0.594. The van der Waals surface area contributed by atoms with E-state index in [1.54, 1.807) is 0 Å². The third-order valence-electron chi connectivity index (χ3n) is 7.22. The zero-order valence-corrected chi connectivity index (χ0v) is 23.5. The standard InChI is InChI=1S/C34H22IN5/c1-4-12-23(13-5-1)28-22-31(37-34(36-28)24-14-6-2-7-15-24)39-29-19-11-10-18-26(29)27-20-21-30-32(33(27)39)38-35-40(30)25-16-8-3-9-17-25/h1-22H. The zero-order chi connectivity index (χ0) is 26.5. The lowest BCUT2D eigenvalue weighted by molar-refractivity contribution is 1.05. The minimum atomic E-state index is -0.594. The Labute approximate surface area is 241 Å². The molecule has 0 radical (unpaired) electrons. The van der Waals surface area contributed by atoms with E-state index in [9.17, 15) is 0 Å². The lowest BCUT2D eigenvalue weighted by atomic mass is 10.1. The van der Waals surface area contributed by atoms with Gasteiger partial charge in [-0.2, -0.15) is 0 Å². The molecule has 190 valence electrons. The van der Waals surface area contributed by atoms with Crippen LogP contribution in [0.4, 0.5) is 17.1 Å². The molecule has 1 aliphatic rings. The van der Waals surface area contributed by atoms with E-state index < -0.39 is 21.3 Å². The molecule has 0 fully saturated rings. The first-order valence-electron chi connectivity index (χ1n) is 13.1. The van der Waals surface area contributed by atoms with Crippen molar-refractivity contribution >= 4 is 60.2 Å². The predicted octanol–water partition coefficient (Wildman–Crippen LogP) is 9.76. The van der Waals surface area contributed by atoms with Gasteiger partial charge < -0.3 is 0 Å². The number of para-hydroxylation sites is 2. The molecule has 0 spiro atoms. The van der Waals surface area contributed by atoms with Crippen molar-refractivity contribution in [2.45, 2.75) is 0 Å². The van der Waals surface area contributed by atoms with Gasteiger partial charge in [-0.3, -0.25) is 7.68 Å². The van der Waals surface area contributed by atoms with E-state index in [2.05, 4.69) is 105 Å². The van der Waals surface area contributed by atoms with Gasteiger partial charge in [0, 0.05) is 28.0 Å². The second kappa shape index (κ2) is 9.50. The lowest BCUT2D eigenvalue weighted by Crippen LogP contribution is -2.03. The normalized spacial score (nSPS) is 12.6. The predicted molar refractivity (Wildman–Crippen MR) is 172 cm³/mol. The van der Waals surface area contributed by atoms with Crippen molar-refractivity contribution in [1.29, 1.82) is 0 Å². The van der Waals surface area contributed by atoms with Gasteiger partial charge in [0.25, 0.3) is 0 Å². The first-order valence-corrected chi connectivity index (χ1v) is 15.1. The number of benzene rings is 5. The van der Waals surface area contributed by atoms with Crippen LogP contribution in [0.15, 0.2) is 137 Å². The van der Waals surface area contributed by atoms with Gasteiger partial charge in [0.2, 0.25) is 0 Å². The quantitative estimate of drug-likeness (QED) is 0.144. The highest BCUT2D eigenvalue weighted by Gasteiger charge is 2.25. The molecule has 6 heteroatoms. The van der Waals surface area contributed by atoms with E-state index in [0.717, 1.165) is 45.0 Å². The number of anilines is 2. The highest BCUT2D eigenvalue weighted by molar-refractivity contribution is 14.2. The monoisotopic (exact) mass is 627 g/mol. The van der Waals surface area contributed by atoms with E-state index >= 15 is 0 Å². The Hall–Kier alpha value is -4.69. The summed E-state index contributed by atoms with van der Waals surface area (Å²) in [5.74, 6) is 1.53. The largest absolute Gasteiger partial charge is 0.291 e. The van der Waals surface area contributed by atoms with E-state index in [0.29, 0.717) is 5.82 Å². The van der Waals surface area contributed by atoms with Gasteiger partial charge in [-0.15, -0.1) is 0 Å². The Bertz CT molecular complexity index is 1990. The fraction of sp³-hybridized carbons (Fsp3) is 0. The summed E-state index contributed by atoms with van der Waals surface area (Å²) in [5.41, 5.74) is 8.49. The summed E-state index contributed by atoms with van der Waals surface area (Å²) in [4.78, 5) is 10.2. The second-order valence-electron chi connectivity index (χ2n) is 9.63. The molecule has 1 aliphatic heterocycles. The maximum atomic E-state index is 5.20. The molecule has 7 aromatic rings. The summed E-state index contributed by atoms with van der Waals surface area (Å²) in [7, 11) is 0. The highest BCUT2D eigenvalue weighted by atomic mass is 127. The van der Waals surface area contributed by atoms with Crippen molar-refractivity contribution in [3.05, 3.63) is 133 Å². The van der Waals surface area contributed by atoms with E-state index in [-0.39, 0.29) is 0 Å². The smallest absolute Gasteiger partial charge is 0.162 e. The first-order chi connectivity index (χ1) is 19.8. The molecule has 0 bridgehead atoms. The van der Waals surface area contributed by atoms with Gasteiger partial charge in [0.1, 0.15) is 32.8 Å². The fourth-order valence-electron chi connectivity index (χ4n) is 5.39. The van der Waals surface area contributed by atoms with Crippen LogP contribution >= 0.6 is 21.3 Å². The average molecular weight is 627 g/mol. The SMILES string of the molecule is c1ccc(-c2cc(-n3c4ccccc4c4ccc5c(c43)N=IN5c3ccccc3)nc(-c3ccccc3)n2)cc1. The minimum Gasteiger partial charge on any atom is -0.291 e. The van der Waals surface area contributed by atoms with Crippen molar-refractivity contribution in [2.75, 3.05) is 3.11 Å². The van der Waals surface area contributed by atoms with Gasteiger partial charge in [-0.05, 0) is 30.3 Å². The van der Waals surface area contributed by atoms with Gasteiger partial charge in [-0.25, -0.2) is 13.1 Å². The van der Waals surface area contributed by atoms with Crippen molar-refractivity contribution in [2.24, 2.45) is 3.15 Å². The van der Waals surface area contributed by atoms with Crippen molar-refractivity contribution in [3.8, 4) is 28.5 Å². The Morgan fingerprint density at radius 1 is 0.575 bits per heavy atom. The highest BCUT2D eigenvalue weighted by Crippen LogP contribution is 2.52. The number of aromatic nitrogens is 3. The molecule has 0 saturated heterocycles. The topological polar surface area (TPSA) is 46.3 Å². The summed E-state index contributed by atoms with van der Waals surface area (Å²) in [5, 5.41) is 2.37. The second-order valence-corrected chi connectivity index (χ2v) is 11.5. The van der Waals surface area contributed by atoms with Crippen LogP contribution in [0.5, 0.6) is 0 Å². The van der Waals surface area contributed by atoms with Crippen LogP contribution < -0.4 is 3.11 Å². The minimum absolute atomic E-state index is 0.594. The number of hydrogen-bond acceptors (Lipinski definition) is 4. The molecule has 0 N–H and O–H groups in total.